The summed E-state index contributed by atoms with van der Waals surface area (Å²) in [6.45, 7) is 2.20. The first-order chi connectivity index (χ1) is 8.99. The van der Waals surface area contributed by atoms with E-state index >= 15 is 0 Å². The van der Waals surface area contributed by atoms with Gasteiger partial charge in [-0.25, -0.2) is 0 Å². The molecule has 19 heavy (non-hydrogen) atoms. The summed E-state index contributed by atoms with van der Waals surface area (Å²) in [6.07, 6.45) is 0. The summed E-state index contributed by atoms with van der Waals surface area (Å²) in [6, 6.07) is 7.03. The molecule has 1 aromatic heterocycles. The number of nitrogen functional groups attached to an aromatic ring is 1. The Bertz CT molecular complexity index is 604. The fourth-order valence-corrected chi connectivity index (χ4v) is 1.93. The number of nitrogens with zero attached hydrogens (tertiary/aromatic N) is 2. The molecule has 6 heteroatoms. The molecule has 0 radical (unpaired) electrons. The van der Waals surface area contributed by atoms with Crippen molar-refractivity contribution in [1.82, 2.24) is 9.78 Å². The Morgan fingerprint density at radius 2 is 2.05 bits per heavy atom. The van der Waals surface area contributed by atoms with Gasteiger partial charge in [0.05, 0.1) is 16.4 Å². The average Bonchev–Trinajstić information content (AvgIpc) is 2.62. The van der Waals surface area contributed by atoms with E-state index in [0.29, 0.717) is 22.9 Å². The first kappa shape index (κ1) is 13.4. The second-order valence-electron chi connectivity index (χ2n) is 4.20. The lowest BCUT2D eigenvalue weighted by molar-refractivity contribution is 0.295. The van der Waals surface area contributed by atoms with Crippen molar-refractivity contribution < 1.29 is 4.74 Å². The summed E-state index contributed by atoms with van der Waals surface area (Å²) < 4.78 is 7.36. The maximum absolute atomic E-state index is 7.31. The molecule has 0 bridgehead atoms. The maximum atomic E-state index is 7.31. The van der Waals surface area contributed by atoms with E-state index in [1.807, 2.05) is 14.0 Å². The lowest BCUT2D eigenvalue weighted by Crippen LogP contribution is -2.10. The van der Waals surface area contributed by atoms with Gasteiger partial charge in [-0.15, -0.1) is 0 Å². The number of nitrogens with one attached hydrogen (secondary N) is 1. The Balaban J connectivity index is 2.08. The van der Waals surface area contributed by atoms with E-state index in [1.54, 1.807) is 28.9 Å². The minimum atomic E-state index is 0.0388. The fraction of sp³-hybridized carbons (Fsp3) is 0.231. The molecule has 0 aliphatic carbocycles. The highest BCUT2D eigenvalue weighted by Crippen LogP contribution is 2.21. The molecule has 0 amide bonds. The van der Waals surface area contributed by atoms with Crippen molar-refractivity contribution in [2.75, 3.05) is 0 Å². The standard InChI is InChI=1S/C13H15ClN4O/c1-8-12(14)11(18(2)17-8)7-19-10-5-3-9(4-6-10)13(15)16/h3-6H,7H2,1-2H3,(H3,15,16). The predicted molar refractivity (Wildman–Crippen MR) is 74.7 cm³/mol. The van der Waals surface area contributed by atoms with Crippen molar-refractivity contribution in [3.05, 3.63) is 46.2 Å². The SMILES string of the molecule is Cc1nn(C)c(COc2ccc(C(=N)N)cc2)c1Cl. The van der Waals surface area contributed by atoms with Gasteiger partial charge >= 0.3 is 0 Å². The smallest absolute Gasteiger partial charge is 0.131 e. The van der Waals surface area contributed by atoms with E-state index < -0.39 is 0 Å². The molecular weight excluding hydrogens is 264 g/mol. The van der Waals surface area contributed by atoms with Crippen molar-refractivity contribution in [3.63, 3.8) is 0 Å². The molecule has 0 saturated heterocycles. The topological polar surface area (TPSA) is 76.9 Å². The number of hydrogen-bond acceptors (Lipinski definition) is 3. The predicted octanol–water partition coefficient (Wildman–Crippen LogP) is 2.24. The second-order valence-corrected chi connectivity index (χ2v) is 4.57. The van der Waals surface area contributed by atoms with Crippen LogP contribution >= 0.6 is 11.6 Å². The van der Waals surface area contributed by atoms with E-state index in [4.69, 9.17) is 27.5 Å². The van der Waals surface area contributed by atoms with Crippen LogP contribution in [0.3, 0.4) is 0 Å². The number of hydrogen-bond donors (Lipinski definition) is 2. The molecule has 0 aliphatic rings. The zero-order chi connectivity index (χ0) is 14.0. The second kappa shape index (κ2) is 5.32. The number of rotatable bonds is 4. The van der Waals surface area contributed by atoms with Crippen molar-refractivity contribution in [2.24, 2.45) is 12.8 Å². The Labute approximate surface area is 116 Å². The highest BCUT2D eigenvalue weighted by atomic mass is 35.5. The molecule has 1 aromatic carbocycles. The van der Waals surface area contributed by atoms with E-state index in [2.05, 4.69) is 5.10 Å². The minimum Gasteiger partial charge on any atom is -0.487 e. The Hall–Kier alpha value is -2.01. The maximum Gasteiger partial charge on any atom is 0.131 e. The van der Waals surface area contributed by atoms with Crippen LogP contribution in [0.15, 0.2) is 24.3 Å². The summed E-state index contributed by atoms with van der Waals surface area (Å²) in [5.74, 6) is 0.733. The third-order valence-corrected chi connectivity index (χ3v) is 3.29. The van der Waals surface area contributed by atoms with Gasteiger partial charge in [0.1, 0.15) is 18.2 Å². The zero-order valence-electron chi connectivity index (χ0n) is 10.8. The van der Waals surface area contributed by atoms with E-state index in [-0.39, 0.29) is 5.84 Å². The van der Waals surface area contributed by atoms with Crippen LogP contribution in [0.2, 0.25) is 5.02 Å². The third kappa shape index (κ3) is 2.88. The number of ether oxygens (including phenoxy) is 1. The molecule has 5 nitrogen and oxygen atoms in total. The number of aryl methyl sites for hydroxylation is 2. The lowest BCUT2D eigenvalue weighted by atomic mass is 10.2. The Kier molecular flexibility index (Phi) is 3.76. The minimum absolute atomic E-state index is 0.0388. The molecule has 100 valence electrons. The summed E-state index contributed by atoms with van der Waals surface area (Å²) in [4.78, 5) is 0. The first-order valence-corrected chi connectivity index (χ1v) is 6.12. The van der Waals surface area contributed by atoms with Crippen LogP contribution in [0.5, 0.6) is 5.75 Å². The van der Waals surface area contributed by atoms with Gasteiger partial charge in [-0.05, 0) is 31.2 Å². The Morgan fingerprint density at radius 1 is 1.42 bits per heavy atom. The molecule has 0 unspecified atom stereocenters. The molecule has 3 N–H and O–H groups in total. The number of benzene rings is 1. The summed E-state index contributed by atoms with van der Waals surface area (Å²) in [5.41, 5.74) is 7.67. The number of amidine groups is 1. The lowest BCUT2D eigenvalue weighted by Gasteiger charge is -2.07. The van der Waals surface area contributed by atoms with E-state index in [0.717, 1.165) is 11.4 Å². The van der Waals surface area contributed by atoms with Crippen molar-refractivity contribution in [1.29, 1.82) is 5.41 Å². The number of halogens is 1. The number of aromatic nitrogens is 2. The van der Waals surface area contributed by atoms with Crippen LogP contribution in [0.4, 0.5) is 0 Å². The van der Waals surface area contributed by atoms with Crippen LogP contribution in [-0.2, 0) is 13.7 Å². The Morgan fingerprint density at radius 3 is 2.53 bits per heavy atom. The fourth-order valence-electron chi connectivity index (χ4n) is 1.72. The molecule has 0 atom stereocenters. The van der Waals surface area contributed by atoms with Gasteiger partial charge in [0.25, 0.3) is 0 Å². The van der Waals surface area contributed by atoms with Gasteiger partial charge in [-0.2, -0.15) is 5.10 Å². The van der Waals surface area contributed by atoms with Gasteiger partial charge in [0.15, 0.2) is 0 Å². The van der Waals surface area contributed by atoms with Crippen LogP contribution in [0.1, 0.15) is 17.0 Å². The van der Waals surface area contributed by atoms with Crippen molar-refractivity contribution >= 4 is 17.4 Å². The third-order valence-electron chi connectivity index (χ3n) is 2.80. The van der Waals surface area contributed by atoms with Gasteiger partial charge in [0, 0.05) is 12.6 Å². The van der Waals surface area contributed by atoms with Gasteiger partial charge < -0.3 is 10.5 Å². The van der Waals surface area contributed by atoms with Gasteiger partial charge in [-0.1, -0.05) is 11.6 Å². The molecule has 2 aromatic rings. The van der Waals surface area contributed by atoms with E-state index in [9.17, 15) is 0 Å². The van der Waals surface area contributed by atoms with Gasteiger partial charge in [-0.3, -0.25) is 10.1 Å². The summed E-state index contributed by atoms with van der Waals surface area (Å²) >= 11 is 6.14. The highest BCUT2D eigenvalue weighted by molar-refractivity contribution is 6.31. The van der Waals surface area contributed by atoms with Gasteiger partial charge in [0.2, 0.25) is 0 Å². The molecular formula is C13H15ClN4O. The van der Waals surface area contributed by atoms with Crippen LogP contribution in [0.25, 0.3) is 0 Å². The highest BCUT2D eigenvalue weighted by Gasteiger charge is 2.11. The average molecular weight is 279 g/mol. The van der Waals surface area contributed by atoms with Crippen LogP contribution in [-0.4, -0.2) is 15.6 Å². The molecule has 0 fully saturated rings. The largest absolute Gasteiger partial charge is 0.487 e. The van der Waals surface area contributed by atoms with Crippen molar-refractivity contribution in [2.45, 2.75) is 13.5 Å². The molecule has 0 spiro atoms. The zero-order valence-corrected chi connectivity index (χ0v) is 11.5. The molecule has 2 rings (SSSR count). The van der Waals surface area contributed by atoms with Crippen LogP contribution in [0, 0.1) is 12.3 Å². The molecule has 0 saturated carbocycles. The first-order valence-electron chi connectivity index (χ1n) is 5.74. The van der Waals surface area contributed by atoms with Crippen LogP contribution < -0.4 is 10.5 Å². The molecule has 0 aliphatic heterocycles. The quantitative estimate of drug-likeness (QED) is 0.665. The number of nitrogens with two attached hydrogens (primary N) is 1. The summed E-state index contributed by atoms with van der Waals surface area (Å²) in [5, 5.41) is 12.2. The van der Waals surface area contributed by atoms with Crippen molar-refractivity contribution in [3.8, 4) is 5.75 Å². The molecule has 1 heterocycles. The monoisotopic (exact) mass is 278 g/mol. The summed E-state index contributed by atoms with van der Waals surface area (Å²) in [7, 11) is 1.83. The normalized spacial score (nSPS) is 10.5. The van der Waals surface area contributed by atoms with E-state index in [1.165, 1.54) is 0 Å².